The minimum absolute atomic E-state index is 0.154. The first-order valence-corrected chi connectivity index (χ1v) is 7.24. The second-order valence-electron chi connectivity index (χ2n) is 4.30. The summed E-state index contributed by atoms with van der Waals surface area (Å²) in [5.74, 6) is 0.0838. The third-order valence-electron chi connectivity index (χ3n) is 2.82. The quantitative estimate of drug-likeness (QED) is 0.878. The standard InChI is InChI=1S/C15H13BrClNO2/c16-13-6-3-11(9-14(13)17)15(20)18-8-7-10-1-4-12(19)5-2-10/h1-6,9,19H,7-8H2,(H,18,20). The molecule has 2 aromatic rings. The molecule has 0 aliphatic carbocycles. The van der Waals surface area contributed by atoms with Crippen LogP contribution in [-0.2, 0) is 6.42 Å². The van der Waals surface area contributed by atoms with Crippen molar-refractivity contribution in [3.05, 3.63) is 63.1 Å². The Bertz CT molecular complexity index is 614. The van der Waals surface area contributed by atoms with Crippen LogP contribution in [0.2, 0.25) is 5.02 Å². The first-order chi connectivity index (χ1) is 9.56. The molecule has 0 bridgehead atoms. The zero-order valence-electron chi connectivity index (χ0n) is 10.6. The maximum Gasteiger partial charge on any atom is 0.251 e. The Labute approximate surface area is 130 Å². The minimum atomic E-state index is -0.154. The lowest BCUT2D eigenvalue weighted by atomic mass is 10.1. The normalized spacial score (nSPS) is 10.3. The predicted octanol–water partition coefficient (Wildman–Crippen LogP) is 3.78. The Morgan fingerprint density at radius 2 is 1.90 bits per heavy atom. The first kappa shape index (κ1) is 14.9. The van der Waals surface area contributed by atoms with Gasteiger partial charge < -0.3 is 10.4 Å². The highest BCUT2D eigenvalue weighted by molar-refractivity contribution is 9.10. The molecule has 20 heavy (non-hydrogen) atoms. The van der Waals surface area contributed by atoms with E-state index in [0.717, 1.165) is 10.0 Å². The largest absolute Gasteiger partial charge is 0.508 e. The third kappa shape index (κ3) is 3.99. The summed E-state index contributed by atoms with van der Waals surface area (Å²) in [5.41, 5.74) is 1.58. The van der Waals surface area contributed by atoms with E-state index in [1.807, 2.05) is 12.1 Å². The number of benzene rings is 2. The zero-order chi connectivity index (χ0) is 14.5. The maximum absolute atomic E-state index is 11.9. The molecule has 0 saturated carbocycles. The van der Waals surface area contributed by atoms with Crippen molar-refractivity contribution in [2.24, 2.45) is 0 Å². The van der Waals surface area contributed by atoms with E-state index in [9.17, 15) is 9.90 Å². The van der Waals surface area contributed by atoms with Gasteiger partial charge in [0.1, 0.15) is 5.75 Å². The number of amides is 1. The number of hydrogen-bond acceptors (Lipinski definition) is 2. The smallest absolute Gasteiger partial charge is 0.251 e. The number of aromatic hydroxyl groups is 1. The number of carbonyl (C=O) groups is 1. The first-order valence-electron chi connectivity index (χ1n) is 6.07. The summed E-state index contributed by atoms with van der Waals surface area (Å²) >= 11 is 9.24. The molecule has 1 amide bonds. The van der Waals surface area contributed by atoms with Gasteiger partial charge in [0, 0.05) is 16.6 Å². The summed E-state index contributed by atoms with van der Waals surface area (Å²) in [7, 11) is 0. The van der Waals surface area contributed by atoms with Gasteiger partial charge in [-0.3, -0.25) is 4.79 Å². The SMILES string of the molecule is O=C(NCCc1ccc(O)cc1)c1ccc(Br)c(Cl)c1. The predicted molar refractivity (Wildman–Crippen MR) is 83.3 cm³/mol. The van der Waals surface area contributed by atoms with Gasteiger partial charge in [0.2, 0.25) is 0 Å². The second kappa shape index (κ2) is 6.77. The van der Waals surface area contributed by atoms with Gasteiger partial charge >= 0.3 is 0 Å². The molecule has 0 atom stereocenters. The molecule has 0 fully saturated rings. The van der Waals surface area contributed by atoms with Crippen LogP contribution in [0.25, 0.3) is 0 Å². The third-order valence-corrected chi connectivity index (χ3v) is 4.05. The number of hydrogen-bond donors (Lipinski definition) is 2. The van der Waals surface area contributed by atoms with Gasteiger partial charge in [0.25, 0.3) is 5.91 Å². The highest BCUT2D eigenvalue weighted by Crippen LogP contribution is 2.23. The Balaban J connectivity index is 1.88. The molecular formula is C15H13BrClNO2. The summed E-state index contributed by atoms with van der Waals surface area (Å²) < 4.78 is 0.764. The number of halogens is 2. The van der Waals surface area contributed by atoms with E-state index in [-0.39, 0.29) is 11.7 Å². The molecule has 0 aliphatic heterocycles. The van der Waals surface area contributed by atoms with Crippen LogP contribution in [0.3, 0.4) is 0 Å². The Morgan fingerprint density at radius 1 is 1.20 bits per heavy atom. The molecule has 2 rings (SSSR count). The van der Waals surface area contributed by atoms with Crippen LogP contribution in [0.15, 0.2) is 46.9 Å². The van der Waals surface area contributed by atoms with E-state index >= 15 is 0 Å². The van der Waals surface area contributed by atoms with E-state index in [2.05, 4.69) is 21.2 Å². The lowest BCUT2D eigenvalue weighted by molar-refractivity contribution is 0.0954. The van der Waals surface area contributed by atoms with Crippen LogP contribution in [0.4, 0.5) is 0 Å². The van der Waals surface area contributed by atoms with Gasteiger partial charge in [0.05, 0.1) is 5.02 Å². The molecule has 3 nitrogen and oxygen atoms in total. The Hall–Kier alpha value is -1.52. The van der Waals surface area contributed by atoms with Gasteiger partial charge in [-0.05, 0) is 58.2 Å². The van der Waals surface area contributed by atoms with E-state index in [1.54, 1.807) is 30.3 Å². The summed E-state index contributed by atoms with van der Waals surface area (Å²) in [6, 6.07) is 12.0. The van der Waals surface area contributed by atoms with Gasteiger partial charge in [-0.25, -0.2) is 0 Å². The molecule has 0 radical (unpaired) electrons. The molecule has 0 spiro atoms. The van der Waals surface area contributed by atoms with Crippen LogP contribution < -0.4 is 5.32 Å². The van der Waals surface area contributed by atoms with Crippen LogP contribution in [0, 0.1) is 0 Å². The number of phenolic OH excluding ortho intramolecular Hbond substituents is 1. The van der Waals surface area contributed by atoms with E-state index in [1.165, 1.54) is 0 Å². The molecule has 0 saturated heterocycles. The average molecular weight is 355 g/mol. The number of phenols is 1. The van der Waals surface area contributed by atoms with Crippen molar-refractivity contribution in [1.29, 1.82) is 0 Å². The van der Waals surface area contributed by atoms with Gasteiger partial charge in [-0.2, -0.15) is 0 Å². The summed E-state index contributed by atoms with van der Waals surface area (Å²) in [6.07, 6.45) is 0.705. The van der Waals surface area contributed by atoms with Crippen LogP contribution in [-0.4, -0.2) is 17.6 Å². The van der Waals surface area contributed by atoms with Crippen LogP contribution in [0.5, 0.6) is 5.75 Å². The number of carbonyl (C=O) groups excluding carboxylic acids is 1. The van der Waals surface area contributed by atoms with Crippen molar-refractivity contribution in [1.82, 2.24) is 5.32 Å². The van der Waals surface area contributed by atoms with Crippen LogP contribution >= 0.6 is 27.5 Å². The van der Waals surface area contributed by atoms with E-state index in [0.29, 0.717) is 23.6 Å². The Morgan fingerprint density at radius 3 is 2.55 bits per heavy atom. The van der Waals surface area contributed by atoms with Crippen molar-refractivity contribution < 1.29 is 9.90 Å². The van der Waals surface area contributed by atoms with E-state index in [4.69, 9.17) is 11.6 Å². The Kier molecular flexibility index (Phi) is 5.04. The fourth-order valence-corrected chi connectivity index (χ4v) is 2.15. The summed E-state index contributed by atoms with van der Waals surface area (Å²) in [6.45, 7) is 0.525. The maximum atomic E-state index is 11.9. The fourth-order valence-electron chi connectivity index (χ4n) is 1.72. The molecule has 2 aromatic carbocycles. The molecule has 104 valence electrons. The lowest BCUT2D eigenvalue weighted by Crippen LogP contribution is -2.25. The van der Waals surface area contributed by atoms with Crippen molar-refractivity contribution >= 4 is 33.4 Å². The topological polar surface area (TPSA) is 49.3 Å². The summed E-state index contributed by atoms with van der Waals surface area (Å²) in [4.78, 5) is 11.9. The van der Waals surface area contributed by atoms with Crippen molar-refractivity contribution in [2.45, 2.75) is 6.42 Å². The van der Waals surface area contributed by atoms with Gasteiger partial charge in [-0.15, -0.1) is 0 Å². The molecule has 0 aromatic heterocycles. The zero-order valence-corrected chi connectivity index (χ0v) is 12.9. The highest BCUT2D eigenvalue weighted by atomic mass is 79.9. The summed E-state index contributed by atoms with van der Waals surface area (Å²) in [5, 5.41) is 12.5. The molecule has 2 N–H and O–H groups in total. The van der Waals surface area contributed by atoms with E-state index < -0.39 is 0 Å². The van der Waals surface area contributed by atoms with Crippen molar-refractivity contribution in [2.75, 3.05) is 6.54 Å². The molecular weight excluding hydrogens is 342 g/mol. The lowest BCUT2D eigenvalue weighted by Gasteiger charge is -2.06. The number of nitrogens with one attached hydrogen (secondary N) is 1. The molecule has 0 aliphatic rings. The van der Waals surface area contributed by atoms with Gasteiger partial charge in [0.15, 0.2) is 0 Å². The van der Waals surface area contributed by atoms with Crippen LogP contribution in [0.1, 0.15) is 15.9 Å². The average Bonchev–Trinajstić information content (AvgIpc) is 2.44. The fraction of sp³-hybridized carbons (Fsp3) is 0.133. The molecule has 5 heteroatoms. The minimum Gasteiger partial charge on any atom is -0.508 e. The number of rotatable bonds is 4. The van der Waals surface area contributed by atoms with Crippen molar-refractivity contribution in [3.63, 3.8) is 0 Å². The van der Waals surface area contributed by atoms with Crippen molar-refractivity contribution in [3.8, 4) is 5.75 Å². The highest BCUT2D eigenvalue weighted by Gasteiger charge is 2.07. The van der Waals surface area contributed by atoms with Gasteiger partial charge in [-0.1, -0.05) is 23.7 Å². The monoisotopic (exact) mass is 353 g/mol. The molecule has 0 heterocycles. The second-order valence-corrected chi connectivity index (χ2v) is 5.56. The molecule has 0 unspecified atom stereocenters.